The van der Waals surface area contributed by atoms with Gasteiger partial charge in [0.15, 0.2) is 0 Å². The van der Waals surface area contributed by atoms with Crippen LogP contribution in [0.25, 0.3) is 0 Å². The predicted octanol–water partition coefficient (Wildman–Crippen LogP) is 2.48. The lowest BCUT2D eigenvalue weighted by molar-refractivity contribution is -0.153. The molecule has 0 unspecified atom stereocenters. The van der Waals surface area contributed by atoms with Gasteiger partial charge in [-0.1, -0.05) is 0 Å². The topological polar surface area (TPSA) is 39.4 Å². The highest BCUT2D eigenvalue weighted by atomic mass is 19.4. The molecule has 6 heteroatoms. The average molecular weight is 208 g/mol. The first-order valence-corrected chi connectivity index (χ1v) is 3.79. The summed E-state index contributed by atoms with van der Waals surface area (Å²) in [7, 11) is 0. The monoisotopic (exact) mass is 208 g/mol. The molecule has 0 radical (unpaired) electrons. The molecule has 0 amide bonds. The van der Waals surface area contributed by atoms with Crippen molar-refractivity contribution in [1.29, 1.82) is 0 Å². The van der Waals surface area contributed by atoms with Gasteiger partial charge in [-0.2, -0.15) is 13.2 Å². The van der Waals surface area contributed by atoms with Crippen LogP contribution >= 0.6 is 0 Å². The summed E-state index contributed by atoms with van der Waals surface area (Å²) in [6.07, 6.45) is -4.58. The molecule has 0 bridgehead atoms. The van der Waals surface area contributed by atoms with Gasteiger partial charge in [-0.3, -0.25) is 0 Å². The summed E-state index contributed by atoms with van der Waals surface area (Å²) in [5.41, 5.74) is 0. The van der Waals surface area contributed by atoms with E-state index < -0.39 is 23.7 Å². The van der Waals surface area contributed by atoms with E-state index in [2.05, 4.69) is 9.15 Å². The summed E-state index contributed by atoms with van der Waals surface area (Å²) in [5, 5.41) is 0. The van der Waals surface area contributed by atoms with Crippen molar-refractivity contribution >= 4 is 5.97 Å². The minimum atomic E-state index is -4.58. The van der Waals surface area contributed by atoms with Crippen LogP contribution in [0.1, 0.15) is 23.2 Å². The van der Waals surface area contributed by atoms with Crippen LogP contribution in [0.3, 0.4) is 0 Å². The first-order valence-electron chi connectivity index (χ1n) is 3.79. The number of ether oxygens (including phenoxy) is 1. The maximum Gasteiger partial charge on any atom is 0.449 e. The molecular formula is C8H7F3O3. The Labute approximate surface area is 77.5 Å². The number of alkyl halides is 3. The highest BCUT2D eigenvalue weighted by Gasteiger charge is 2.35. The molecule has 0 fully saturated rings. The predicted molar refractivity (Wildman–Crippen MR) is 39.7 cm³/mol. The van der Waals surface area contributed by atoms with Gasteiger partial charge < -0.3 is 9.15 Å². The van der Waals surface area contributed by atoms with E-state index in [0.717, 1.165) is 6.07 Å². The molecule has 0 aliphatic rings. The third-order valence-corrected chi connectivity index (χ3v) is 1.36. The Balaban J connectivity index is 2.83. The summed E-state index contributed by atoms with van der Waals surface area (Å²) in [6.45, 7) is 1.63. The van der Waals surface area contributed by atoms with E-state index in [1.54, 1.807) is 6.92 Å². The van der Waals surface area contributed by atoms with Crippen LogP contribution in [0.15, 0.2) is 16.5 Å². The van der Waals surface area contributed by atoms with E-state index >= 15 is 0 Å². The van der Waals surface area contributed by atoms with Crippen molar-refractivity contribution in [1.82, 2.24) is 0 Å². The van der Waals surface area contributed by atoms with E-state index in [1.165, 1.54) is 0 Å². The number of carbonyl (C=O) groups excluding carboxylic acids is 1. The van der Waals surface area contributed by atoms with Crippen molar-refractivity contribution in [3.05, 3.63) is 23.7 Å². The van der Waals surface area contributed by atoms with Crippen LogP contribution in [-0.4, -0.2) is 12.6 Å². The van der Waals surface area contributed by atoms with E-state index in [1.807, 2.05) is 0 Å². The Morgan fingerprint density at radius 2 is 2.14 bits per heavy atom. The second-order valence-electron chi connectivity index (χ2n) is 2.38. The van der Waals surface area contributed by atoms with Crippen LogP contribution < -0.4 is 0 Å². The lowest BCUT2D eigenvalue weighted by atomic mass is 10.4. The number of rotatable bonds is 2. The van der Waals surface area contributed by atoms with Crippen molar-refractivity contribution in [2.24, 2.45) is 0 Å². The minimum absolute atomic E-state index is 0.0842. The Morgan fingerprint density at radius 3 is 2.57 bits per heavy atom. The smallest absolute Gasteiger partial charge is 0.449 e. The average Bonchev–Trinajstić information content (AvgIpc) is 2.51. The van der Waals surface area contributed by atoms with Crippen LogP contribution in [0, 0.1) is 0 Å². The van der Waals surface area contributed by atoms with Gasteiger partial charge in [0, 0.05) is 0 Å². The molecular weight excluding hydrogens is 201 g/mol. The lowest BCUT2D eigenvalue weighted by Gasteiger charge is -2.00. The molecule has 1 aromatic rings. The van der Waals surface area contributed by atoms with Crippen molar-refractivity contribution in [2.75, 3.05) is 6.61 Å². The Hall–Kier alpha value is -1.46. The largest absolute Gasteiger partial charge is 0.460 e. The summed E-state index contributed by atoms with van der Waals surface area (Å²) in [6, 6.07) is 1.62. The van der Waals surface area contributed by atoms with Crippen molar-refractivity contribution in [2.45, 2.75) is 13.1 Å². The fourth-order valence-corrected chi connectivity index (χ4v) is 0.802. The molecule has 0 aliphatic carbocycles. The zero-order valence-corrected chi connectivity index (χ0v) is 7.22. The summed E-state index contributed by atoms with van der Waals surface area (Å²) in [4.78, 5) is 10.9. The highest BCUT2D eigenvalue weighted by Crippen LogP contribution is 2.30. The molecule has 14 heavy (non-hydrogen) atoms. The van der Waals surface area contributed by atoms with Gasteiger partial charge in [-0.15, -0.1) is 0 Å². The van der Waals surface area contributed by atoms with Gasteiger partial charge in [0.1, 0.15) is 0 Å². The SMILES string of the molecule is CCOC(=O)c1ccc(C(F)(F)F)o1. The molecule has 78 valence electrons. The maximum absolute atomic E-state index is 12.0. The molecule has 0 saturated carbocycles. The second-order valence-corrected chi connectivity index (χ2v) is 2.38. The van der Waals surface area contributed by atoms with E-state index in [9.17, 15) is 18.0 Å². The molecule has 3 nitrogen and oxygen atoms in total. The molecule has 0 N–H and O–H groups in total. The molecule has 0 spiro atoms. The number of carbonyl (C=O) groups is 1. The molecule has 0 atom stereocenters. The van der Waals surface area contributed by atoms with Crippen LogP contribution in [0.5, 0.6) is 0 Å². The quantitative estimate of drug-likeness (QED) is 0.701. The zero-order valence-electron chi connectivity index (χ0n) is 7.22. The molecule has 1 aromatic heterocycles. The van der Waals surface area contributed by atoms with Gasteiger partial charge in [0.25, 0.3) is 0 Å². The Bertz CT molecular complexity index is 327. The normalized spacial score (nSPS) is 11.4. The zero-order chi connectivity index (χ0) is 10.8. The Morgan fingerprint density at radius 1 is 1.50 bits per heavy atom. The number of halogens is 3. The first kappa shape index (κ1) is 10.6. The van der Waals surface area contributed by atoms with Gasteiger partial charge in [0.2, 0.25) is 11.5 Å². The van der Waals surface area contributed by atoms with Gasteiger partial charge in [0.05, 0.1) is 6.61 Å². The number of hydrogen-bond acceptors (Lipinski definition) is 3. The third kappa shape index (κ3) is 2.27. The van der Waals surface area contributed by atoms with Crippen LogP contribution in [-0.2, 0) is 10.9 Å². The van der Waals surface area contributed by atoms with E-state index in [-0.39, 0.29) is 6.61 Å². The Kier molecular flexibility index (Phi) is 2.83. The minimum Gasteiger partial charge on any atom is -0.460 e. The van der Waals surface area contributed by atoms with Crippen molar-refractivity contribution in [3.8, 4) is 0 Å². The highest BCUT2D eigenvalue weighted by molar-refractivity contribution is 5.86. The van der Waals surface area contributed by atoms with E-state index in [0.29, 0.717) is 6.07 Å². The van der Waals surface area contributed by atoms with Crippen molar-refractivity contribution < 1.29 is 27.1 Å². The summed E-state index contributed by atoms with van der Waals surface area (Å²) >= 11 is 0. The number of esters is 1. The molecule has 0 aromatic carbocycles. The fourth-order valence-electron chi connectivity index (χ4n) is 0.802. The van der Waals surface area contributed by atoms with Gasteiger partial charge in [-0.25, -0.2) is 4.79 Å². The van der Waals surface area contributed by atoms with E-state index in [4.69, 9.17) is 0 Å². The number of furan rings is 1. The standard InChI is InChI=1S/C8H7F3O3/c1-2-13-7(12)5-3-4-6(14-5)8(9,10)11/h3-4H,2H2,1H3. The maximum atomic E-state index is 12.0. The fraction of sp³-hybridized carbons (Fsp3) is 0.375. The second kappa shape index (κ2) is 3.73. The summed E-state index contributed by atoms with van der Waals surface area (Å²) < 4.78 is 44.7. The van der Waals surface area contributed by atoms with Crippen molar-refractivity contribution in [3.63, 3.8) is 0 Å². The van der Waals surface area contributed by atoms with Gasteiger partial charge in [-0.05, 0) is 19.1 Å². The van der Waals surface area contributed by atoms with Crippen LogP contribution in [0.2, 0.25) is 0 Å². The molecule has 1 heterocycles. The lowest BCUT2D eigenvalue weighted by Crippen LogP contribution is -2.05. The van der Waals surface area contributed by atoms with Crippen LogP contribution in [0.4, 0.5) is 13.2 Å². The first-order chi connectivity index (χ1) is 6.45. The molecule has 0 aliphatic heterocycles. The molecule has 1 rings (SSSR count). The third-order valence-electron chi connectivity index (χ3n) is 1.36. The number of hydrogen-bond donors (Lipinski definition) is 0. The van der Waals surface area contributed by atoms with Gasteiger partial charge >= 0.3 is 12.1 Å². The molecule has 0 saturated heterocycles. The summed E-state index contributed by atoms with van der Waals surface area (Å²) in [5.74, 6) is -2.55.